The minimum Gasteiger partial charge on any atom is -0.310 e. The van der Waals surface area contributed by atoms with E-state index < -0.39 is 0 Å². The summed E-state index contributed by atoms with van der Waals surface area (Å²) in [4.78, 5) is 11.5. The lowest BCUT2D eigenvalue weighted by Crippen LogP contribution is -2.33. The molecule has 0 bridgehead atoms. The Balaban J connectivity index is 2.89. The highest BCUT2D eigenvalue weighted by molar-refractivity contribution is 7.99. The van der Waals surface area contributed by atoms with Crippen molar-refractivity contribution in [2.45, 2.75) is 19.2 Å². The Morgan fingerprint density at radius 1 is 1.62 bits per heavy atom. The van der Waals surface area contributed by atoms with Crippen LogP contribution in [0, 0.1) is 6.92 Å². The molecule has 0 amide bonds. The van der Waals surface area contributed by atoms with Gasteiger partial charge in [0, 0.05) is 11.8 Å². The van der Waals surface area contributed by atoms with Gasteiger partial charge < -0.3 is 5.43 Å². The molecule has 1 aromatic heterocycles. The van der Waals surface area contributed by atoms with Crippen LogP contribution in [0.5, 0.6) is 0 Å². The van der Waals surface area contributed by atoms with Gasteiger partial charge in [-0.3, -0.25) is 4.79 Å². The summed E-state index contributed by atoms with van der Waals surface area (Å²) in [6.07, 6.45) is 3.74. The first-order valence-electron chi connectivity index (χ1n) is 4.12. The zero-order valence-electron chi connectivity index (χ0n) is 8.07. The van der Waals surface area contributed by atoms with E-state index >= 15 is 0 Å². The van der Waals surface area contributed by atoms with Gasteiger partial charge in [0.1, 0.15) is 0 Å². The third-order valence-electron chi connectivity index (χ3n) is 1.81. The van der Waals surface area contributed by atoms with Gasteiger partial charge in [-0.25, -0.2) is 4.68 Å². The molecule has 0 aliphatic rings. The number of nitrogens with zero attached hydrogens (tertiary/aromatic N) is 1. The molecule has 0 aliphatic heterocycles. The summed E-state index contributed by atoms with van der Waals surface area (Å²) in [6.45, 7) is 3.82. The Morgan fingerprint density at radius 3 is 2.92 bits per heavy atom. The average Bonchev–Trinajstić information content (AvgIpc) is 2.13. The lowest BCUT2D eigenvalue weighted by atomic mass is 10.3. The van der Waals surface area contributed by atoms with Crippen LogP contribution in [0.15, 0.2) is 23.1 Å². The van der Waals surface area contributed by atoms with Crippen molar-refractivity contribution in [3.8, 4) is 0 Å². The van der Waals surface area contributed by atoms with E-state index in [-0.39, 0.29) is 10.9 Å². The molecule has 13 heavy (non-hydrogen) atoms. The van der Waals surface area contributed by atoms with Gasteiger partial charge in [-0.15, -0.1) is 11.8 Å². The Morgan fingerprint density at radius 2 is 2.31 bits per heavy atom. The number of rotatable bonds is 3. The van der Waals surface area contributed by atoms with Crippen LogP contribution in [0.3, 0.4) is 0 Å². The van der Waals surface area contributed by atoms with E-state index in [4.69, 9.17) is 0 Å². The van der Waals surface area contributed by atoms with E-state index in [9.17, 15) is 4.79 Å². The van der Waals surface area contributed by atoms with Gasteiger partial charge in [0.2, 0.25) is 0 Å². The second kappa shape index (κ2) is 4.37. The fourth-order valence-corrected chi connectivity index (χ4v) is 1.17. The minimum absolute atomic E-state index is 0.0170. The molecular formula is C9H14N2OS. The standard InChI is InChI=1S/C9H14N2OS/c1-7-5-4-6-11(9(7)12)10-8(2)13-3/h4-6,8,10H,1-3H3. The van der Waals surface area contributed by atoms with Crippen molar-refractivity contribution in [2.24, 2.45) is 0 Å². The Labute approximate surface area is 82.1 Å². The number of thioether (sulfide) groups is 1. The largest absolute Gasteiger partial charge is 0.310 e. The second-order valence-electron chi connectivity index (χ2n) is 2.87. The molecule has 0 saturated carbocycles. The third-order valence-corrected chi connectivity index (χ3v) is 2.62. The van der Waals surface area contributed by atoms with Crippen molar-refractivity contribution < 1.29 is 0 Å². The van der Waals surface area contributed by atoms with Crippen molar-refractivity contribution in [3.05, 3.63) is 34.2 Å². The van der Waals surface area contributed by atoms with Gasteiger partial charge >= 0.3 is 0 Å². The quantitative estimate of drug-likeness (QED) is 0.746. The van der Waals surface area contributed by atoms with Crippen LogP contribution >= 0.6 is 11.8 Å². The van der Waals surface area contributed by atoms with E-state index in [1.165, 1.54) is 4.68 Å². The van der Waals surface area contributed by atoms with Crippen molar-refractivity contribution >= 4 is 11.8 Å². The van der Waals surface area contributed by atoms with Crippen LogP contribution in [0.4, 0.5) is 0 Å². The maximum atomic E-state index is 11.5. The smallest absolute Gasteiger partial charge is 0.271 e. The van der Waals surface area contributed by atoms with Crippen molar-refractivity contribution in [3.63, 3.8) is 0 Å². The highest BCUT2D eigenvalue weighted by atomic mass is 32.2. The molecule has 1 rings (SSSR count). The monoisotopic (exact) mass is 198 g/mol. The number of nitrogens with one attached hydrogen (secondary N) is 1. The molecule has 0 radical (unpaired) electrons. The predicted octanol–water partition coefficient (Wildman–Crippen LogP) is 1.41. The molecule has 1 unspecified atom stereocenters. The molecule has 1 N–H and O–H groups in total. The van der Waals surface area contributed by atoms with Crippen molar-refractivity contribution in [2.75, 3.05) is 11.7 Å². The number of aryl methyl sites for hydroxylation is 1. The first kappa shape index (κ1) is 10.2. The van der Waals surface area contributed by atoms with E-state index in [2.05, 4.69) is 5.43 Å². The molecule has 1 atom stereocenters. The van der Waals surface area contributed by atoms with Gasteiger partial charge in [0.15, 0.2) is 0 Å². The summed E-state index contributed by atoms with van der Waals surface area (Å²) >= 11 is 1.66. The maximum absolute atomic E-state index is 11.5. The highest BCUT2D eigenvalue weighted by Crippen LogP contribution is 2.01. The summed E-state index contributed by atoms with van der Waals surface area (Å²) < 4.78 is 1.52. The zero-order chi connectivity index (χ0) is 9.84. The van der Waals surface area contributed by atoms with E-state index in [0.29, 0.717) is 0 Å². The van der Waals surface area contributed by atoms with Crippen LogP contribution < -0.4 is 11.0 Å². The topological polar surface area (TPSA) is 34.0 Å². The molecule has 0 aliphatic carbocycles. The number of pyridine rings is 1. The van der Waals surface area contributed by atoms with Crippen molar-refractivity contribution in [1.29, 1.82) is 0 Å². The fraction of sp³-hybridized carbons (Fsp3) is 0.444. The molecule has 0 saturated heterocycles. The lowest BCUT2D eigenvalue weighted by molar-refractivity contribution is 0.791. The molecule has 3 nitrogen and oxygen atoms in total. The Hall–Kier alpha value is -0.900. The summed E-state index contributed by atoms with van der Waals surface area (Å²) in [5.74, 6) is 0. The van der Waals surface area contributed by atoms with Crippen LogP contribution in [-0.2, 0) is 0 Å². The van der Waals surface area contributed by atoms with E-state index in [1.54, 1.807) is 18.0 Å². The van der Waals surface area contributed by atoms with Gasteiger partial charge in [0.25, 0.3) is 5.56 Å². The zero-order valence-corrected chi connectivity index (χ0v) is 8.89. The number of hydrogen-bond acceptors (Lipinski definition) is 3. The molecule has 0 spiro atoms. The Bertz CT molecular complexity index is 335. The molecule has 1 aromatic rings. The van der Waals surface area contributed by atoms with Gasteiger partial charge in [-0.2, -0.15) is 0 Å². The lowest BCUT2D eigenvalue weighted by Gasteiger charge is -2.14. The molecule has 0 fully saturated rings. The summed E-state index contributed by atoms with van der Waals surface area (Å²) in [5.41, 5.74) is 3.84. The maximum Gasteiger partial charge on any atom is 0.271 e. The number of aromatic nitrogens is 1. The molecule has 1 heterocycles. The minimum atomic E-state index is 0.0170. The number of hydrogen-bond donors (Lipinski definition) is 1. The van der Waals surface area contributed by atoms with Crippen LogP contribution in [0.2, 0.25) is 0 Å². The third kappa shape index (κ3) is 2.52. The van der Waals surface area contributed by atoms with E-state index in [0.717, 1.165) is 5.56 Å². The SMILES string of the molecule is CSC(C)Nn1cccc(C)c1=O. The molecular weight excluding hydrogens is 184 g/mol. The summed E-state index contributed by atoms with van der Waals surface area (Å²) in [5, 5.41) is 0.236. The fourth-order valence-electron chi connectivity index (χ4n) is 0.953. The average molecular weight is 198 g/mol. The molecule has 4 heteroatoms. The van der Waals surface area contributed by atoms with Gasteiger partial charge in [0.05, 0.1) is 5.37 Å². The van der Waals surface area contributed by atoms with Crippen LogP contribution in [0.1, 0.15) is 12.5 Å². The normalized spacial score (nSPS) is 12.5. The first-order chi connectivity index (χ1) is 6.15. The first-order valence-corrected chi connectivity index (χ1v) is 5.41. The van der Waals surface area contributed by atoms with Crippen LogP contribution in [-0.4, -0.2) is 16.3 Å². The predicted molar refractivity (Wildman–Crippen MR) is 57.8 cm³/mol. The molecule has 0 aromatic carbocycles. The highest BCUT2D eigenvalue weighted by Gasteiger charge is 2.00. The van der Waals surface area contributed by atoms with Crippen LogP contribution in [0.25, 0.3) is 0 Å². The molecule has 72 valence electrons. The van der Waals surface area contributed by atoms with Crippen molar-refractivity contribution in [1.82, 2.24) is 4.68 Å². The van der Waals surface area contributed by atoms with E-state index in [1.807, 2.05) is 32.2 Å². The second-order valence-corrected chi connectivity index (χ2v) is 4.05. The Kier molecular flexibility index (Phi) is 3.42. The summed E-state index contributed by atoms with van der Waals surface area (Å²) in [7, 11) is 0. The van der Waals surface area contributed by atoms with Gasteiger partial charge in [-0.05, 0) is 26.2 Å². The summed E-state index contributed by atoms with van der Waals surface area (Å²) in [6, 6.07) is 3.67. The van der Waals surface area contributed by atoms with Gasteiger partial charge in [-0.1, -0.05) is 6.07 Å².